The van der Waals surface area contributed by atoms with Gasteiger partial charge in [0, 0.05) is 18.0 Å². The number of hydrogen-bond acceptors (Lipinski definition) is 6. The molecule has 1 atom stereocenters. The fourth-order valence-electron chi connectivity index (χ4n) is 3.46. The molecule has 2 aromatic carbocycles. The molecule has 3 aromatic rings. The van der Waals surface area contributed by atoms with E-state index in [2.05, 4.69) is 23.1 Å². The third-order valence-corrected chi connectivity index (χ3v) is 5.15. The Kier molecular flexibility index (Phi) is 6.31. The van der Waals surface area contributed by atoms with E-state index in [0.717, 1.165) is 5.56 Å². The lowest BCUT2D eigenvalue weighted by Gasteiger charge is -2.18. The van der Waals surface area contributed by atoms with E-state index in [0.29, 0.717) is 26.1 Å². The maximum Gasteiger partial charge on any atom is 0.207 e. The molecule has 1 fully saturated rings. The molecule has 4 rings (SSSR count). The number of fused-ring (bicyclic) bond motifs is 1. The number of thiol groups is 1. The Hall–Kier alpha value is -2.49. The third kappa shape index (κ3) is 4.48. The number of ether oxygens (including phenoxy) is 2. The fourth-order valence-corrected chi connectivity index (χ4v) is 3.59. The first kappa shape index (κ1) is 20.8. The summed E-state index contributed by atoms with van der Waals surface area (Å²) in [6.45, 7) is 0.602. The van der Waals surface area contributed by atoms with Crippen LogP contribution in [0.3, 0.4) is 0 Å². The van der Waals surface area contributed by atoms with Gasteiger partial charge in [-0.05, 0) is 24.5 Å². The summed E-state index contributed by atoms with van der Waals surface area (Å²) < 4.78 is 44.7. The maximum absolute atomic E-state index is 14.6. The first-order chi connectivity index (χ1) is 14.5. The molecule has 30 heavy (non-hydrogen) atoms. The molecule has 158 valence electrons. The van der Waals surface area contributed by atoms with Gasteiger partial charge in [-0.1, -0.05) is 35.5 Å². The minimum atomic E-state index is -1.15. The Morgan fingerprint density at radius 2 is 1.93 bits per heavy atom. The van der Waals surface area contributed by atoms with Crippen LogP contribution in [0.2, 0.25) is 0 Å². The summed E-state index contributed by atoms with van der Waals surface area (Å²) in [5.41, 5.74) is 0.717. The maximum atomic E-state index is 14.6. The van der Waals surface area contributed by atoms with Crippen molar-refractivity contribution in [1.29, 1.82) is 0 Å². The zero-order valence-electron chi connectivity index (χ0n) is 15.9. The highest BCUT2D eigenvalue weighted by molar-refractivity contribution is 7.96. The first-order valence-corrected chi connectivity index (χ1v) is 10.0. The molecule has 1 N–H and O–H groups in total. The smallest absolute Gasteiger partial charge is 0.207 e. The van der Waals surface area contributed by atoms with E-state index in [1.54, 1.807) is 0 Å². The van der Waals surface area contributed by atoms with E-state index in [-0.39, 0.29) is 39.9 Å². The minimum absolute atomic E-state index is 0.0473. The van der Waals surface area contributed by atoms with Gasteiger partial charge < -0.3 is 19.3 Å². The number of anilines is 1. The van der Waals surface area contributed by atoms with Gasteiger partial charge in [0.15, 0.2) is 23.0 Å². The average Bonchev–Trinajstić information content (AvgIpc) is 3.40. The largest absolute Gasteiger partial charge is 0.364 e. The monoisotopic (exact) mass is 434 g/mol. The highest BCUT2D eigenvalue weighted by Crippen LogP contribution is 2.35. The summed E-state index contributed by atoms with van der Waals surface area (Å²) in [6.07, 6.45) is 0.355. The van der Waals surface area contributed by atoms with Crippen LogP contribution < -0.4 is 5.32 Å². The Labute approximate surface area is 176 Å². The van der Waals surface area contributed by atoms with Gasteiger partial charge in [0.1, 0.15) is 0 Å². The number of halogens is 2. The van der Waals surface area contributed by atoms with E-state index in [9.17, 15) is 13.6 Å². The molecule has 0 amide bonds. The highest BCUT2D eigenvalue weighted by Gasteiger charge is 2.28. The molecule has 0 aliphatic carbocycles. The van der Waals surface area contributed by atoms with Crippen molar-refractivity contribution < 1.29 is 27.6 Å². The minimum Gasteiger partial charge on any atom is -0.364 e. The number of carbonyl (C=O) groups excluding carboxylic acids is 1. The van der Waals surface area contributed by atoms with E-state index < -0.39 is 17.9 Å². The highest BCUT2D eigenvalue weighted by atomic mass is 32.1. The second kappa shape index (κ2) is 9.11. The van der Waals surface area contributed by atoms with Gasteiger partial charge in [-0.2, -0.15) is 4.39 Å². The van der Waals surface area contributed by atoms with Crippen LogP contribution in [0.4, 0.5) is 14.6 Å². The molecule has 6 nitrogen and oxygen atoms in total. The Morgan fingerprint density at radius 3 is 2.63 bits per heavy atom. The molecule has 1 saturated heterocycles. The van der Waals surface area contributed by atoms with Crippen LogP contribution in [0.25, 0.3) is 11.0 Å². The molecule has 2 heterocycles. The molecule has 9 heteroatoms. The van der Waals surface area contributed by atoms with Crippen molar-refractivity contribution in [1.82, 2.24) is 5.16 Å². The normalized spacial score (nSPS) is 15.6. The average molecular weight is 434 g/mol. The van der Waals surface area contributed by atoms with E-state index in [4.69, 9.17) is 14.0 Å². The number of nitrogens with zero attached hydrogens (tertiary/aromatic N) is 1. The van der Waals surface area contributed by atoms with Crippen molar-refractivity contribution in [3.63, 3.8) is 0 Å². The second-order valence-electron chi connectivity index (χ2n) is 7.04. The standard InChI is InChI=1S/C21H20F2N2O4S/c22-17-14(21-27-8-9-28-21)11-15-19(18(17)23)29-25-20(15)24-13(6-7-16(26)30)10-12-4-2-1-3-5-12/h1-5,11,13,21H,6-10H2,(H,24,25)(H,26,30)/t13-/m0/s1. The molecule has 1 aliphatic rings. The summed E-state index contributed by atoms with van der Waals surface area (Å²) in [5, 5.41) is 7.15. The van der Waals surface area contributed by atoms with E-state index in [1.165, 1.54) is 6.07 Å². The molecular weight excluding hydrogens is 414 g/mol. The first-order valence-electron chi connectivity index (χ1n) is 9.55. The molecule has 1 aromatic heterocycles. The Morgan fingerprint density at radius 1 is 1.20 bits per heavy atom. The predicted molar refractivity (Wildman–Crippen MR) is 109 cm³/mol. The van der Waals surface area contributed by atoms with Crippen LogP contribution in [-0.4, -0.2) is 29.5 Å². The van der Waals surface area contributed by atoms with Crippen LogP contribution in [0.1, 0.15) is 30.3 Å². The predicted octanol–water partition coefficient (Wildman–Crippen LogP) is 4.41. The van der Waals surface area contributed by atoms with Gasteiger partial charge >= 0.3 is 0 Å². The topological polar surface area (TPSA) is 73.6 Å². The van der Waals surface area contributed by atoms with Gasteiger partial charge in [0.2, 0.25) is 11.4 Å². The van der Waals surface area contributed by atoms with Crippen molar-refractivity contribution in [2.45, 2.75) is 31.6 Å². The lowest BCUT2D eigenvalue weighted by Crippen LogP contribution is -2.23. The van der Waals surface area contributed by atoms with E-state index in [1.807, 2.05) is 30.3 Å². The van der Waals surface area contributed by atoms with Crippen molar-refractivity contribution >= 4 is 34.5 Å². The van der Waals surface area contributed by atoms with E-state index >= 15 is 0 Å². The second-order valence-corrected chi connectivity index (χ2v) is 7.54. The fraction of sp³-hybridized carbons (Fsp3) is 0.333. The molecule has 0 saturated carbocycles. The zero-order valence-corrected chi connectivity index (χ0v) is 16.8. The number of nitrogens with one attached hydrogen (secondary N) is 1. The quantitative estimate of drug-likeness (QED) is 0.512. The van der Waals surface area contributed by atoms with Crippen LogP contribution in [-0.2, 0) is 20.7 Å². The van der Waals surface area contributed by atoms with Gasteiger partial charge in [-0.3, -0.25) is 4.79 Å². The SMILES string of the molecule is O=C(S)CC[C@@H](Cc1ccccc1)Nc1noc2c(F)c(F)c(C3OCCO3)cc12. The molecule has 0 spiro atoms. The Balaban J connectivity index is 1.64. The third-order valence-electron chi connectivity index (χ3n) is 4.92. The molecule has 0 bridgehead atoms. The van der Waals surface area contributed by atoms with Gasteiger partial charge in [0.05, 0.1) is 18.6 Å². The van der Waals surface area contributed by atoms with Gasteiger partial charge in [0.25, 0.3) is 0 Å². The van der Waals surface area contributed by atoms with Crippen molar-refractivity contribution in [2.24, 2.45) is 0 Å². The summed E-state index contributed by atoms with van der Waals surface area (Å²) >= 11 is 3.84. The number of carbonyl (C=O) groups is 1. The number of rotatable bonds is 8. The van der Waals surface area contributed by atoms with Crippen LogP contribution in [0, 0.1) is 11.6 Å². The Bertz CT molecular complexity index is 1040. The summed E-state index contributed by atoms with van der Waals surface area (Å²) in [6, 6.07) is 10.9. The summed E-state index contributed by atoms with van der Waals surface area (Å²) in [5.74, 6) is -1.97. The van der Waals surface area contributed by atoms with Crippen molar-refractivity contribution in [3.05, 3.63) is 59.2 Å². The van der Waals surface area contributed by atoms with Crippen LogP contribution >= 0.6 is 12.6 Å². The lowest BCUT2D eigenvalue weighted by molar-refractivity contribution is -0.110. The molecule has 0 radical (unpaired) electrons. The molecule has 0 unspecified atom stereocenters. The number of aromatic nitrogens is 1. The molecular formula is C21H20F2N2O4S. The van der Waals surface area contributed by atoms with Gasteiger partial charge in [-0.15, -0.1) is 12.6 Å². The van der Waals surface area contributed by atoms with Crippen molar-refractivity contribution in [3.8, 4) is 0 Å². The number of hydrogen-bond donors (Lipinski definition) is 2. The summed E-state index contributed by atoms with van der Waals surface area (Å²) in [4.78, 5) is 11.4. The summed E-state index contributed by atoms with van der Waals surface area (Å²) in [7, 11) is 0. The van der Waals surface area contributed by atoms with Crippen molar-refractivity contribution in [2.75, 3.05) is 18.5 Å². The lowest BCUT2D eigenvalue weighted by atomic mass is 10.0. The zero-order chi connectivity index (χ0) is 21.1. The van der Waals surface area contributed by atoms with Crippen LogP contribution in [0.5, 0.6) is 0 Å². The molecule has 1 aliphatic heterocycles. The number of benzene rings is 2. The van der Waals surface area contributed by atoms with Gasteiger partial charge in [-0.25, -0.2) is 4.39 Å². The van der Waals surface area contributed by atoms with Crippen LogP contribution in [0.15, 0.2) is 40.9 Å².